The van der Waals surface area contributed by atoms with Crippen LogP contribution in [0.15, 0.2) is 30.3 Å². The standard InChI is InChI=1S/C18H26N4O3/c19-17(23)16-8-7-15(25-16)13-20-18(24)22-10-4-9-21(11-12-22)14-5-2-1-3-6-14/h1-3,5-6,15-16H,4,7-13H2,(H2,19,23)(H,20,24). The van der Waals surface area contributed by atoms with Gasteiger partial charge >= 0.3 is 6.03 Å². The van der Waals surface area contributed by atoms with Gasteiger partial charge in [-0.1, -0.05) is 18.2 Å². The molecule has 25 heavy (non-hydrogen) atoms. The molecule has 2 atom stereocenters. The van der Waals surface area contributed by atoms with E-state index in [2.05, 4.69) is 22.3 Å². The van der Waals surface area contributed by atoms with Gasteiger partial charge in [-0.2, -0.15) is 0 Å². The molecule has 2 heterocycles. The van der Waals surface area contributed by atoms with Gasteiger partial charge in [-0.3, -0.25) is 4.79 Å². The second kappa shape index (κ2) is 8.20. The number of para-hydroxylation sites is 1. The van der Waals surface area contributed by atoms with Gasteiger partial charge in [-0.05, 0) is 31.4 Å². The maximum absolute atomic E-state index is 12.4. The zero-order chi connectivity index (χ0) is 17.6. The van der Waals surface area contributed by atoms with E-state index < -0.39 is 12.0 Å². The van der Waals surface area contributed by atoms with Crippen molar-refractivity contribution in [1.29, 1.82) is 0 Å². The second-order valence-corrected chi connectivity index (χ2v) is 6.58. The maximum atomic E-state index is 12.4. The van der Waals surface area contributed by atoms with Crippen LogP contribution in [0.5, 0.6) is 0 Å². The van der Waals surface area contributed by atoms with Crippen molar-refractivity contribution in [1.82, 2.24) is 10.2 Å². The Morgan fingerprint density at radius 3 is 2.64 bits per heavy atom. The van der Waals surface area contributed by atoms with E-state index in [0.717, 1.165) is 32.5 Å². The fourth-order valence-corrected chi connectivity index (χ4v) is 3.40. The van der Waals surface area contributed by atoms with Crippen molar-refractivity contribution < 1.29 is 14.3 Å². The Morgan fingerprint density at radius 2 is 1.92 bits per heavy atom. The van der Waals surface area contributed by atoms with Crippen LogP contribution in [0, 0.1) is 0 Å². The molecule has 0 radical (unpaired) electrons. The largest absolute Gasteiger partial charge is 0.370 e. The van der Waals surface area contributed by atoms with Crippen molar-refractivity contribution in [3.05, 3.63) is 30.3 Å². The summed E-state index contributed by atoms with van der Waals surface area (Å²) in [5.74, 6) is -0.428. The highest BCUT2D eigenvalue weighted by Gasteiger charge is 2.29. The molecule has 0 spiro atoms. The summed E-state index contributed by atoms with van der Waals surface area (Å²) in [4.78, 5) is 27.7. The highest BCUT2D eigenvalue weighted by molar-refractivity contribution is 5.79. The smallest absolute Gasteiger partial charge is 0.317 e. The van der Waals surface area contributed by atoms with E-state index in [1.165, 1.54) is 5.69 Å². The second-order valence-electron chi connectivity index (χ2n) is 6.58. The van der Waals surface area contributed by atoms with E-state index in [0.29, 0.717) is 19.5 Å². The minimum atomic E-state index is -0.514. The van der Waals surface area contributed by atoms with E-state index in [1.54, 1.807) is 0 Å². The molecule has 3 rings (SSSR count). The molecule has 3 amide bonds. The molecule has 1 aromatic carbocycles. The molecule has 2 aliphatic rings. The van der Waals surface area contributed by atoms with Crippen molar-refractivity contribution in [3.8, 4) is 0 Å². The number of hydrogen-bond acceptors (Lipinski definition) is 4. The van der Waals surface area contributed by atoms with Crippen molar-refractivity contribution >= 4 is 17.6 Å². The zero-order valence-corrected chi connectivity index (χ0v) is 14.4. The molecule has 0 bridgehead atoms. The molecule has 0 aliphatic carbocycles. The van der Waals surface area contributed by atoms with Crippen LogP contribution in [0.4, 0.5) is 10.5 Å². The Balaban J connectivity index is 1.45. The minimum Gasteiger partial charge on any atom is -0.370 e. The minimum absolute atomic E-state index is 0.0685. The first-order chi connectivity index (χ1) is 12.1. The average molecular weight is 346 g/mol. The number of nitrogens with zero attached hydrogens (tertiary/aromatic N) is 2. The first kappa shape index (κ1) is 17.5. The van der Waals surface area contributed by atoms with Crippen molar-refractivity contribution in [3.63, 3.8) is 0 Å². The number of rotatable bonds is 4. The predicted molar refractivity (Wildman–Crippen MR) is 95.3 cm³/mol. The lowest BCUT2D eigenvalue weighted by Gasteiger charge is -2.24. The summed E-state index contributed by atoms with van der Waals surface area (Å²) in [5.41, 5.74) is 6.44. The number of anilines is 1. The first-order valence-corrected chi connectivity index (χ1v) is 8.91. The van der Waals surface area contributed by atoms with Gasteiger partial charge in [-0.25, -0.2) is 4.79 Å². The molecular formula is C18H26N4O3. The SMILES string of the molecule is NC(=O)C1CCC(CNC(=O)N2CCCN(c3ccccc3)CC2)O1. The number of hydrogen-bond donors (Lipinski definition) is 2. The predicted octanol–water partition coefficient (Wildman–Crippen LogP) is 0.941. The molecule has 2 unspecified atom stereocenters. The lowest BCUT2D eigenvalue weighted by atomic mass is 10.2. The van der Waals surface area contributed by atoms with Crippen LogP contribution in [0.1, 0.15) is 19.3 Å². The van der Waals surface area contributed by atoms with E-state index in [1.807, 2.05) is 23.1 Å². The van der Waals surface area contributed by atoms with Crippen molar-refractivity contribution in [2.75, 3.05) is 37.6 Å². The molecule has 0 saturated carbocycles. The lowest BCUT2D eigenvalue weighted by Crippen LogP contribution is -2.44. The molecule has 0 aromatic heterocycles. The summed E-state index contributed by atoms with van der Waals surface area (Å²) in [7, 11) is 0. The van der Waals surface area contributed by atoms with Crippen LogP contribution in [0.25, 0.3) is 0 Å². The summed E-state index contributed by atoms with van der Waals surface area (Å²) in [6.45, 7) is 3.61. The highest BCUT2D eigenvalue weighted by atomic mass is 16.5. The summed E-state index contributed by atoms with van der Waals surface area (Å²) in [6.07, 6.45) is 1.67. The van der Waals surface area contributed by atoms with Gasteiger partial charge in [0, 0.05) is 38.4 Å². The van der Waals surface area contributed by atoms with E-state index in [9.17, 15) is 9.59 Å². The van der Waals surface area contributed by atoms with Gasteiger partial charge in [-0.15, -0.1) is 0 Å². The fourth-order valence-electron chi connectivity index (χ4n) is 3.40. The Labute approximate surface area is 148 Å². The Bertz CT molecular complexity index is 595. The van der Waals surface area contributed by atoms with Crippen LogP contribution in [0.3, 0.4) is 0 Å². The number of nitrogens with two attached hydrogens (primary N) is 1. The molecule has 2 saturated heterocycles. The number of carbonyl (C=O) groups is 2. The van der Waals surface area contributed by atoms with Gasteiger partial charge in [0.2, 0.25) is 5.91 Å². The third kappa shape index (κ3) is 4.63. The number of amides is 3. The quantitative estimate of drug-likeness (QED) is 0.849. The van der Waals surface area contributed by atoms with Gasteiger partial charge in [0.25, 0.3) is 0 Å². The molecule has 2 fully saturated rings. The van der Waals surface area contributed by atoms with Gasteiger partial charge < -0.3 is 25.6 Å². The number of ether oxygens (including phenoxy) is 1. The van der Waals surface area contributed by atoms with E-state index in [-0.39, 0.29) is 12.1 Å². The van der Waals surface area contributed by atoms with Crippen LogP contribution in [-0.4, -0.2) is 61.8 Å². The zero-order valence-electron chi connectivity index (χ0n) is 14.4. The molecule has 7 nitrogen and oxygen atoms in total. The summed E-state index contributed by atoms with van der Waals surface area (Å²) < 4.78 is 5.54. The molecule has 3 N–H and O–H groups in total. The monoisotopic (exact) mass is 346 g/mol. The topological polar surface area (TPSA) is 87.9 Å². The molecular weight excluding hydrogens is 320 g/mol. The maximum Gasteiger partial charge on any atom is 0.317 e. The number of benzene rings is 1. The van der Waals surface area contributed by atoms with Gasteiger partial charge in [0.05, 0.1) is 6.10 Å². The van der Waals surface area contributed by atoms with Crippen LogP contribution in [0.2, 0.25) is 0 Å². The molecule has 1 aromatic rings. The lowest BCUT2D eigenvalue weighted by molar-refractivity contribution is -0.128. The number of nitrogens with one attached hydrogen (secondary N) is 1. The molecule has 136 valence electrons. The van der Waals surface area contributed by atoms with Crippen molar-refractivity contribution in [2.45, 2.75) is 31.5 Å². The van der Waals surface area contributed by atoms with Crippen molar-refractivity contribution in [2.24, 2.45) is 5.73 Å². The van der Waals surface area contributed by atoms with Crippen LogP contribution in [-0.2, 0) is 9.53 Å². The third-order valence-corrected chi connectivity index (χ3v) is 4.81. The summed E-state index contributed by atoms with van der Waals surface area (Å²) in [6, 6.07) is 10.2. The Hall–Kier alpha value is -2.28. The normalized spacial score (nSPS) is 24.0. The summed E-state index contributed by atoms with van der Waals surface area (Å²) >= 11 is 0. The first-order valence-electron chi connectivity index (χ1n) is 8.91. The molecule has 7 heteroatoms. The van der Waals surface area contributed by atoms with E-state index in [4.69, 9.17) is 10.5 Å². The number of primary amides is 1. The van der Waals surface area contributed by atoms with Crippen LogP contribution < -0.4 is 16.0 Å². The van der Waals surface area contributed by atoms with Gasteiger partial charge in [0.1, 0.15) is 6.10 Å². The number of urea groups is 1. The highest BCUT2D eigenvalue weighted by Crippen LogP contribution is 2.19. The average Bonchev–Trinajstić information content (AvgIpc) is 2.97. The molecule has 2 aliphatic heterocycles. The number of carbonyl (C=O) groups excluding carboxylic acids is 2. The Morgan fingerprint density at radius 1 is 1.12 bits per heavy atom. The van der Waals surface area contributed by atoms with Crippen LogP contribution >= 0.6 is 0 Å². The summed E-state index contributed by atoms with van der Waals surface area (Å²) in [5, 5.41) is 2.93. The van der Waals surface area contributed by atoms with Gasteiger partial charge in [0.15, 0.2) is 0 Å². The fraction of sp³-hybridized carbons (Fsp3) is 0.556. The third-order valence-electron chi connectivity index (χ3n) is 4.81. The Kier molecular flexibility index (Phi) is 5.75. The van der Waals surface area contributed by atoms with E-state index >= 15 is 0 Å².